The summed E-state index contributed by atoms with van der Waals surface area (Å²) in [4.78, 5) is 12.1. The van der Waals surface area contributed by atoms with Crippen LogP contribution in [0.4, 0.5) is 9.52 Å². The van der Waals surface area contributed by atoms with Gasteiger partial charge in [-0.25, -0.2) is 4.39 Å². The van der Waals surface area contributed by atoms with Gasteiger partial charge in [0.1, 0.15) is 5.82 Å². The SMILES string of the molecule is C[C@@H](Sc1nnc(NC2CC2)s1)C(=O)NCc1ccc(F)cc1. The Morgan fingerprint density at radius 1 is 1.39 bits per heavy atom. The molecule has 0 unspecified atom stereocenters. The van der Waals surface area contributed by atoms with Crippen molar-refractivity contribution >= 4 is 34.1 Å². The second-order valence-corrected chi connectivity index (χ2v) is 7.96. The highest BCUT2D eigenvalue weighted by Crippen LogP contribution is 2.32. The third kappa shape index (κ3) is 4.90. The molecule has 0 radical (unpaired) electrons. The standard InChI is InChI=1S/C15H17FN4OS2/c1-9(13(21)17-8-10-2-4-11(16)5-3-10)22-15-20-19-14(23-15)18-12-6-7-12/h2-5,9,12H,6-8H2,1H3,(H,17,21)(H,18,19)/t9-/m1/s1. The quantitative estimate of drug-likeness (QED) is 0.750. The van der Waals surface area contributed by atoms with Gasteiger partial charge in [0.15, 0.2) is 4.34 Å². The first-order valence-corrected chi connectivity index (χ1v) is 9.08. The third-order valence-corrected chi connectivity index (χ3v) is 5.38. The van der Waals surface area contributed by atoms with Crippen molar-refractivity contribution in [2.75, 3.05) is 5.32 Å². The van der Waals surface area contributed by atoms with Gasteiger partial charge in [-0.1, -0.05) is 35.2 Å². The van der Waals surface area contributed by atoms with Crippen LogP contribution in [0.1, 0.15) is 25.3 Å². The van der Waals surface area contributed by atoms with E-state index in [0.29, 0.717) is 12.6 Å². The van der Waals surface area contributed by atoms with Gasteiger partial charge in [0.25, 0.3) is 0 Å². The number of halogens is 1. The number of nitrogens with zero attached hydrogens (tertiary/aromatic N) is 2. The van der Waals surface area contributed by atoms with Gasteiger partial charge in [-0.2, -0.15) is 0 Å². The molecule has 1 aromatic heterocycles. The van der Waals surface area contributed by atoms with Crippen LogP contribution in [0, 0.1) is 5.82 Å². The zero-order chi connectivity index (χ0) is 16.2. The highest BCUT2D eigenvalue weighted by Gasteiger charge is 2.23. The summed E-state index contributed by atoms with van der Waals surface area (Å²) in [6.07, 6.45) is 2.37. The number of rotatable bonds is 7. The maximum atomic E-state index is 12.8. The van der Waals surface area contributed by atoms with Gasteiger partial charge >= 0.3 is 0 Å². The minimum absolute atomic E-state index is 0.0776. The summed E-state index contributed by atoms with van der Waals surface area (Å²) >= 11 is 2.86. The predicted octanol–water partition coefficient (Wildman–Crippen LogP) is 3.05. The molecule has 1 aliphatic carbocycles. The zero-order valence-electron chi connectivity index (χ0n) is 12.6. The van der Waals surface area contributed by atoms with Crippen molar-refractivity contribution in [1.29, 1.82) is 0 Å². The summed E-state index contributed by atoms with van der Waals surface area (Å²) < 4.78 is 13.6. The van der Waals surface area contributed by atoms with Crippen molar-refractivity contribution in [1.82, 2.24) is 15.5 Å². The zero-order valence-corrected chi connectivity index (χ0v) is 14.2. The maximum absolute atomic E-state index is 12.8. The number of nitrogens with one attached hydrogen (secondary N) is 2. The highest BCUT2D eigenvalue weighted by molar-refractivity contribution is 8.02. The lowest BCUT2D eigenvalue weighted by molar-refractivity contribution is -0.120. The second kappa shape index (κ2) is 7.27. The van der Waals surface area contributed by atoms with Gasteiger partial charge in [-0.05, 0) is 37.5 Å². The van der Waals surface area contributed by atoms with E-state index in [1.807, 2.05) is 6.92 Å². The van der Waals surface area contributed by atoms with E-state index in [1.54, 1.807) is 12.1 Å². The third-order valence-electron chi connectivity index (χ3n) is 3.34. The highest BCUT2D eigenvalue weighted by atomic mass is 32.2. The van der Waals surface area contributed by atoms with Gasteiger partial charge in [0.2, 0.25) is 11.0 Å². The number of anilines is 1. The van der Waals surface area contributed by atoms with Gasteiger partial charge in [-0.3, -0.25) is 4.79 Å². The molecule has 0 aliphatic heterocycles. The summed E-state index contributed by atoms with van der Waals surface area (Å²) in [6, 6.07) is 6.63. The van der Waals surface area contributed by atoms with Crippen LogP contribution in [0.3, 0.4) is 0 Å². The first-order valence-electron chi connectivity index (χ1n) is 7.39. The van der Waals surface area contributed by atoms with Crippen LogP contribution >= 0.6 is 23.1 Å². The molecule has 2 aromatic rings. The molecule has 23 heavy (non-hydrogen) atoms. The Labute approximate surface area is 142 Å². The fourth-order valence-corrected chi connectivity index (χ4v) is 3.86. The van der Waals surface area contributed by atoms with Crippen molar-refractivity contribution in [3.63, 3.8) is 0 Å². The molecular formula is C15H17FN4OS2. The molecule has 1 heterocycles. The van der Waals surface area contributed by atoms with E-state index in [2.05, 4.69) is 20.8 Å². The number of amides is 1. The van der Waals surface area contributed by atoms with E-state index in [1.165, 1.54) is 48.1 Å². The number of thioether (sulfide) groups is 1. The van der Waals surface area contributed by atoms with Crippen LogP contribution in [0.2, 0.25) is 0 Å². The summed E-state index contributed by atoms with van der Waals surface area (Å²) in [6.45, 7) is 2.22. The molecule has 122 valence electrons. The van der Waals surface area contributed by atoms with Crippen molar-refractivity contribution in [3.05, 3.63) is 35.6 Å². The number of aromatic nitrogens is 2. The van der Waals surface area contributed by atoms with Crippen LogP contribution in [0.15, 0.2) is 28.6 Å². The predicted molar refractivity (Wildman–Crippen MR) is 90.1 cm³/mol. The minimum atomic E-state index is -0.282. The lowest BCUT2D eigenvalue weighted by atomic mass is 10.2. The molecule has 2 N–H and O–H groups in total. The summed E-state index contributed by atoms with van der Waals surface area (Å²) in [7, 11) is 0. The largest absolute Gasteiger partial charge is 0.357 e. The second-order valence-electron chi connectivity index (χ2n) is 5.40. The Morgan fingerprint density at radius 2 is 2.13 bits per heavy atom. The minimum Gasteiger partial charge on any atom is -0.357 e. The van der Waals surface area contributed by atoms with Crippen molar-refractivity contribution in [2.24, 2.45) is 0 Å². The van der Waals surface area contributed by atoms with Crippen LogP contribution in [-0.2, 0) is 11.3 Å². The fourth-order valence-electron chi connectivity index (χ4n) is 1.86. The van der Waals surface area contributed by atoms with E-state index in [-0.39, 0.29) is 17.0 Å². The van der Waals surface area contributed by atoms with Crippen LogP contribution in [0.25, 0.3) is 0 Å². The molecule has 1 fully saturated rings. The lowest BCUT2D eigenvalue weighted by Gasteiger charge is -2.10. The number of carbonyl (C=O) groups excluding carboxylic acids is 1. The molecule has 0 bridgehead atoms. The molecule has 1 atom stereocenters. The molecule has 0 spiro atoms. The first-order chi connectivity index (χ1) is 11.1. The number of hydrogen-bond acceptors (Lipinski definition) is 6. The van der Waals surface area contributed by atoms with Gasteiger partial charge in [-0.15, -0.1) is 10.2 Å². The number of hydrogen-bond donors (Lipinski definition) is 2. The molecule has 3 rings (SSSR count). The van der Waals surface area contributed by atoms with Crippen LogP contribution in [0.5, 0.6) is 0 Å². The Bertz CT molecular complexity index is 672. The van der Waals surface area contributed by atoms with Crippen molar-refractivity contribution in [2.45, 2.75) is 41.9 Å². The summed E-state index contributed by atoms with van der Waals surface area (Å²) in [5.74, 6) is -0.359. The average molecular weight is 352 g/mol. The van der Waals surface area contributed by atoms with E-state index < -0.39 is 0 Å². The van der Waals surface area contributed by atoms with Crippen molar-refractivity contribution in [3.8, 4) is 0 Å². The number of carbonyl (C=O) groups is 1. The van der Waals surface area contributed by atoms with Crippen LogP contribution < -0.4 is 10.6 Å². The summed E-state index contributed by atoms with van der Waals surface area (Å²) in [5, 5.41) is 14.9. The van der Waals surface area contributed by atoms with E-state index >= 15 is 0 Å². The van der Waals surface area contributed by atoms with Crippen molar-refractivity contribution < 1.29 is 9.18 Å². The van der Waals surface area contributed by atoms with Gasteiger partial charge in [0, 0.05) is 12.6 Å². The van der Waals surface area contributed by atoms with E-state index in [9.17, 15) is 9.18 Å². The number of benzene rings is 1. The summed E-state index contributed by atoms with van der Waals surface area (Å²) in [5.41, 5.74) is 0.865. The Kier molecular flexibility index (Phi) is 5.12. The van der Waals surface area contributed by atoms with Gasteiger partial charge in [0.05, 0.1) is 5.25 Å². The topological polar surface area (TPSA) is 66.9 Å². The Hall–Kier alpha value is -1.67. The average Bonchev–Trinajstić information content (AvgIpc) is 3.25. The Morgan fingerprint density at radius 3 is 2.83 bits per heavy atom. The van der Waals surface area contributed by atoms with E-state index in [4.69, 9.17) is 0 Å². The molecule has 1 saturated carbocycles. The molecule has 1 aliphatic rings. The first kappa shape index (κ1) is 16.2. The molecule has 8 heteroatoms. The molecule has 1 amide bonds. The monoisotopic (exact) mass is 352 g/mol. The van der Waals surface area contributed by atoms with Crippen LogP contribution in [-0.4, -0.2) is 27.4 Å². The van der Waals surface area contributed by atoms with E-state index in [0.717, 1.165) is 15.0 Å². The molecule has 5 nitrogen and oxygen atoms in total. The normalized spacial score (nSPS) is 15.2. The lowest BCUT2D eigenvalue weighted by Crippen LogP contribution is -2.30. The Balaban J connectivity index is 1.46. The maximum Gasteiger partial charge on any atom is 0.233 e. The molecule has 0 saturated heterocycles. The smallest absolute Gasteiger partial charge is 0.233 e. The molecule has 1 aromatic carbocycles. The fraction of sp³-hybridized carbons (Fsp3) is 0.400. The van der Waals surface area contributed by atoms with Gasteiger partial charge < -0.3 is 10.6 Å². The molecular weight excluding hydrogens is 335 g/mol.